The molecule has 0 aliphatic rings. The van der Waals surface area contributed by atoms with Crippen LogP contribution in [-0.4, -0.2) is 30.2 Å². The van der Waals surface area contributed by atoms with E-state index in [-0.39, 0.29) is 0 Å². The lowest BCUT2D eigenvalue weighted by atomic mass is 10.3. The van der Waals surface area contributed by atoms with Crippen molar-refractivity contribution in [1.29, 1.82) is 0 Å². The molecule has 0 fully saturated rings. The number of tetrazole rings is 1. The number of nitrogens with zero attached hydrogens (tertiary/aromatic N) is 6. The molecule has 0 spiro atoms. The van der Waals surface area contributed by atoms with E-state index in [0.29, 0.717) is 10.3 Å². The maximum absolute atomic E-state index is 5.94. The SMILES string of the molecule is CCCc1nc(Cl)cc(Sc2nnnn2C)n1. The molecule has 90 valence electrons. The molecule has 0 saturated carbocycles. The Balaban J connectivity index is 2.23. The first-order valence-corrected chi connectivity index (χ1v) is 6.32. The summed E-state index contributed by atoms with van der Waals surface area (Å²) in [4.78, 5) is 8.56. The van der Waals surface area contributed by atoms with Gasteiger partial charge in [0.15, 0.2) is 0 Å². The van der Waals surface area contributed by atoms with Gasteiger partial charge in [0.1, 0.15) is 16.0 Å². The molecule has 0 amide bonds. The number of hydrogen-bond acceptors (Lipinski definition) is 6. The summed E-state index contributed by atoms with van der Waals surface area (Å²) in [6.07, 6.45) is 1.79. The Bertz CT molecular complexity index is 514. The van der Waals surface area contributed by atoms with E-state index < -0.39 is 0 Å². The van der Waals surface area contributed by atoms with Crippen LogP contribution in [-0.2, 0) is 13.5 Å². The second-order valence-electron chi connectivity index (χ2n) is 3.38. The molecule has 6 nitrogen and oxygen atoms in total. The number of rotatable bonds is 4. The van der Waals surface area contributed by atoms with Crippen LogP contribution in [0.3, 0.4) is 0 Å². The van der Waals surface area contributed by atoms with Gasteiger partial charge in [0.05, 0.1) is 0 Å². The smallest absolute Gasteiger partial charge is 0.215 e. The summed E-state index contributed by atoms with van der Waals surface area (Å²) in [6.45, 7) is 2.07. The topological polar surface area (TPSA) is 69.4 Å². The van der Waals surface area contributed by atoms with Crippen LogP contribution < -0.4 is 0 Å². The number of aromatic nitrogens is 6. The second-order valence-corrected chi connectivity index (χ2v) is 4.76. The fraction of sp³-hybridized carbons (Fsp3) is 0.444. The molecule has 2 aromatic rings. The normalized spacial score (nSPS) is 10.8. The van der Waals surface area contributed by atoms with Crippen molar-refractivity contribution in [3.05, 3.63) is 17.0 Å². The lowest BCUT2D eigenvalue weighted by molar-refractivity contribution is 0.664. The molecule has 0 bridgehead atoms. The molecule has 0 unspecified atom stereocenters. The van der Waals surface area contributed by atoms with Crippen molar-refractivity contribution in [3.8, 4) is 0 Å². The van der Waals surface area contributed by atoms with E-state index in [1.807, 2.05) is 0 Å². The quantitative estimate of drug-likeness (QED) is 0.789. The highest BCUT2D eigenvalue weighted by Gasteiger charge is 2.09. The first-order valence-electron chi connectivity index (χ1n) is 5.12. The Morgan fingerprint density at radius 3 is 2.88 bits per heavy atom. The summed E-state index contributed by atoms with van der Waals surface area (Å²) in [5, 5.41) is 13.1. The third kappa shape index (κ3) is 3.13. The third-order valence-corrected chi connectivity index (χ3v) is 3.11. The van der Waals surface area contributed by atoms with Crippen molar-refractivity contribution in [2.45, 2.75) is 29.9 Å². The summed E-state index contributed by atoms with van der Waals surface area (Å²) in [5.74, 6) is 0.748. The van der Waals surface area contributed by atoms with Gasteiger partial charge in [0.25, 0.3) is 0 Å². The fourth-order valence-electron chi connectivity index (χ4n) is 1.23. The number of halogens is 1. The van der Waals surface area contributed by atoms with Gasteiger partial charge >= 0.3 is 0 Å². The van der Waals surface area contributed by atoms with Crippen LogP contribution >= 0.6 is 23.4 Å². The highest BCUT2D eigenvalue weighted by atomic mass is 35.5. The van der Waals surface area contributed by atoms with Gasteiger partial charge < -0.3 is 0 Å². The third-order valence-electron chi connectivity index (χ3n) is 1.97. The zero-order valence-electron chi connectivity index (χ0n) is 9.46. The van der Waals surface area contributed by atoms with Gasteiger partial charge in [-0.3, -0.25) is 0 Å². The van der Waals surface area contributed by atoms with Crippen LogP contribution in [0.4, 0.5) is 0 Å². The zero-order chi connectivity index (χ0) is 12.3. The Kier molecular flexibility index (Phi) is 3.90. The van der Waals surface area contributed by atoms with Gasteiger partial charge in [-0.05, 0) is 28.6 Å². The Morgan fingerprint density at radius 2 is 2.24 bits per heavy atom. The average Bonchev–Trinajstić information content (AvgIpc) is 2.64. The molecule has 0 aliphatic heterocycles. The molecular weight excluding hydrogens is 260 g/mol. The molecule has 0 aliphatic carbocycles. The minimum absolute atomic E-state index is 0.445. The molecule has 0 aromatic carbocycles. The number of aryl methyl sites for hydroxylation is 2. The average molecular weight is 271 g/mol. The van der Waals surface area contributed by atoms with E-state index in [2.05, 4.69) is 32.4 Å². The summed E-state index contributed by atoms with van der Waals surface area (Å²) >= 11 is 7.31. The van der Waals surface area contributed by atoms with E-state index >= 15 is 0 Å². The van der Waals surface area contributed by atoms with Gasteiger partial charge in [-0.2, -0.15) is 0 Å². The van der Waals surface area contributed by atoms with E-state index in [9.17, 15) is 0 Å². The van der Waals surface area contributed by atoms with Gasteiger partial charge in [-0.15, -0.1) is 5.10 Å². The van der Waals surface area contributed by atoms with Crippen molar-refractivity contribution >= 4 is 23.4 Å². The minimum atomic E-state index is 0.445. The lowest BCUT2D eigenvalue weighted by Crippen LogP contribution is -1.98. The summed E-state index contributed by atoms with van der Waals surface area (Å²) < 4.78 is 1.58. The molecule has 8 heteroatoms. The standard InChI is InChI=1S/C9H11ClN6S/c1-3-4-7-11-6(10)5-8(12-7)17-9-13-14-15-16(9)2/h5H,3-4H2,1-2H3. The van der Waals surface area contributed by atoms with Gasteiger partial charge in [-0.25, -0.2) is 14.6 Å². The van der Waals surface area contributed by atoms with E-state index in [1.165, 1.54) is 11.8 Å². The summed E-state index contributed by atoms with van der Waals surface area (Å²) in [6, 6.07) is 1.71. The van der Waals surface area contributed by atoms with Crippen molar-refractivity contribution in [2.75, 3.05) is 0 Å². The Hall–Kier alpha value is -1.21. The summed E-state index contributed by atoms with van der Waals surface area (Å²) in [5.41, 5.74) is 0. The molecular formula is C9H11ClN6S. The maximum Gasteiger partial charge on any atom is 0.215 e. The van der Waals surface area contributed by atoms with Crippen LogP contribution in [0.25, 0.3) is 0 Å². The van der Waals surface area contributed by atoms with Crippen LogP contribution in [0.5, 0.6) is 0 Å². The number of hydrogen-bond donors (Lipinski definition) is 0. The van der Waals surface area contributed by atoms with Crippen molar-refractivity contribution in [1.82, 2.24) is 30.2 Å². The van der Waals surface area contributed by atoms with E-state index in [1.54, 1.807) is 17.8 Å². The highest BCUT2D eigenvalue weighted by Crippen LogP contribution is 2.24. The maximum atomic E-state index is 5.94. The summed E-state index contributed by atoms with van der Waals surface area (Å²) in [7, 11) is 1.78. The second kappa shape index (κ2) is 5.42. The van der Waals surface area contributed by atoms with Gasteiger partial charge in [0, 0.05) is 19.5 Å². The van der Waals surface area contributed by atoms with Gasteiger partial charge in [-0.1, -0.05) is 18.5 Å². The van der Waals surface area contributed by atoms with E-state index in [0.717, 1.165) is 23.7 Å². The minimum Gasteiger partial charge on any atom is -0.226 e. The molecule has 2 heterocycles. The largest absolute Gasteiger partial charge is 0.226 e. The molecule has 0 N–H and O–H groups in total. The van der Waals surface area contributed by atoms with Crippen LogP contribution in [0, 0.1) is 0 Å². The van der Waals surface area contributed by atoms with E-state index in [4.69, 9.17) is 11.6 Å². The van der Waals surface area contributed by atoms with Crippen molar-refractivity contribution in [2.24, 2.45) is 7.05 Å². The van der Waals surface area contributed by atoms with Crippen LogP contribution in [0.2, 0.25) is 5.15 Å². The molecule has 0 radical (unpaired) electrons. The molecule has 2 rings (SSSR count). The van der Waals surface area contributed by atoms with Crippen molar-refractivity contribution in [3.63, 3.8) is 0 Å². The fourth-order valence-corrected chi connectivity index (χ4v) is 2.25. The molecule has 2 aromatic heterocycles. The monoisotopic (exact) mass is 270 g/mol. The zero-order valence-corrected chi connectivity index (χ0v) is 11.0. The van der Waals surface area contributed by atoms with Crippen molar-refractivity contribution < 1.29 is 0 Å². The molecule has 0 saturated heterocycles. The predicted molar refractivity (Wildman–Crippen MR) is 64.0 cm³/mol. The van der Waals surface area contributed by atoms with Crippen LogP contribution in [0.1, 0.15) is 19.2 Å². The van der Waals surface area contributed by atoms with Crippen LogP contribution in [0.15, 0.2) is 16.2 Å². The predicted octanol–water partition coefficient (Wildman–Crippen LogP) is 1.76. The highest BCUT2D eigenvalue weighted by molar-refractivity contribution is 7.99. The first kappa shape index (κ1) is 12.3. The first-order chi connectivity index (χ1) is 8.19. The molecule has 17 heavy (non-hydrogen) atoms. The lowest BCUT2D eigenvalue weighted by Gasteiger charge is -2.02. The molecule has 0 atom stereocenters. The Labute approximate surface area is 108 Å². The van der Waals surface area contributed by atoms with Gasteiger partial charge in [0.2, 0.25) is 5.16 Å². The Morgan fingerprint density at radius 1 is 1.41 bits per heavy atom.